The second kappa shape index (κ2) is 11.3. The third kappa shape index (κ3) is 8.88. The van der Waals surface area contributed by atoms with Crippen molar-refractivity contribution >= 4 is 31.9 Å². The van der Waals surface area contributed by atoms with Gasteiger partial charge in [0.2, 0.25) is 5.79 Å². The van der Waals surface area contributed by atoms with E-state index >= 15 is 0 Å². The quantitative estimate of drug-likeness (QED) is 0.106. The lowest BCUT2D eigenvalue weighted by molar-refractivity contribution is -0.521. The van der Waals surface area contributed by atoms with E-state index in [4.69, 9.17) is 18.9 Å². The first-order valence-corrected chi connectivity index (χ1v) is 10.2. The molecule has 0 atom stereocenters. The molecule has 14 heteroatoms. The summed E-state index contributed by atoms with van der Waals surface area (Å²) < 4.78 is 106. The average molecular weight is 584 g/mol. The van der Waals surface area contributed by atoms with Gasteiger partial charge in [-0.25, -0.2) is 9.47 Å². The highest BCUT2D eigenvalue weighted by atomic mass is 79.9. The molecular formula is C16H22Br2F6O6. The molecule has 1 aliphatic carbocycles. The normalized spacial score (nSPS) is 20.5. The molecule has 0 amide bonds. The maximum atomic E-state index is 13.2. The Balaban J connectivity index is 3.45. The van der Waals surface area contributed by atoms with Gasteiger partial charge in [-0.1, -0.05) is 37.9 Å². The smallest absolute Gasteiger partial charge is 0.385 e. The monoisotopic (exact) mass is 582 g/mol. The molecule has 0 N–H and O–H groups in total. The summed E-state index contributed by atoms with van der Waals surface area (Å²) in [6.07, 6.45) is -9.81. The third-order valence-electron chi connectivity index (χ3n) is 3.74. The molecule has 0 unspecified atom stereocenters. The van der Waals surface area contributed by atoms with Crippen molar-refractivity contribution in [3.8, 4) is 0 Å². The Labute approximate surface area is 186 Å². The van der Waals surface area contributed by atoms with Gasteiger partial charge in [0.15, 0.2) is 0 Å². The minimum Gasteiger partial charge on any atom is -0.385 e. The Morgan fingerprint density at radius 2 is 1.20 bits per heavy atom. The van der Waals surface area contributed by atoms with E-state index in [0.717, 1.165) is 6.08 Å². The maximum absolute atomic E-state index is 13.2. The number of ether oxygens (including phenoxy) is 6. The Morgan fingerprint density at radius 3 is 1.57 bits per heavy atom. The molecule has 0 aromatic rings. The standard InChI is InChI=1S/C16H22Br2F6O6/c1-25-7-3-9-27-14(28-10-4-8-26-2)11-12(17,18)5-6-13(14,29-15(19,20)21)30-16(22,23)24/h5-6H,3-4,7-11H2,1-2H3. The number of allylic oxidation sites excluding steroid dienone is 1. The molecule has 0 aliphatic heterocycles. The maximum Gasteiger partial charge on any atom is 0.525 e. The van der Waals surface area contributed by atoms with Gasteiger partial charge in [0.1, 0.15) is 3.23 Å². The van der Waals surface area contributed by atoms with Crippen molar-refractivity contribution in [2.24, 2.45) is 0 Å². The zero-order chi connectivity index (χ0) is 23.1. The van der Waals surface area contributed by atoms with Crippen LogP contribution in [0.3, 0.4) is 0 Å². The van der Waals surface area contributed by atoms with E-state index in [0.29, 0.717) is 6.08 Å². The highest BCUT2D eigenvalue weighted by Crippen LogP contribution is 2.53. The molecule has 0 radical (unpaired) electrons. The topological polar surface area (TPSA) is 55.4 Å². The highest BCUT2D eigenvalue weighted by Gasteiger charge is 2.67. The summed E-state index contributed by atoms with van der Waals surface area (Å²) in [4.78, 5) is 0. The predicted octanol–water partition coefficient (Wildman–Crippen LogP) is 5.00. The fraction of sp³-hybridized carbons (Fsp3) is 0.875. The second-order valence-corrected chi connectivity index (χ2v) is 10.1. The van der Waals surface area contributed by atoms with Gasteiger partial charge in [-0.3, -0.25) is 0 Å². The van der Waals surface area contributed by atoms with Gasteiger partial charge in [0, 0.05) is 33.9 Å². The number of rotatable bonds is 12. The van der Waals surface area contributed by atoms with Crippen LogP contribution in [0.2, 0.25) is 0 Å². The first kappa shape index (κ1) is 28.1. The molecule has 0 fully saturated rings. The van der Waals surface area contributed by atoms with Gasteiger partial charge in [0.05, 0.1) is 13.2 Å². The van der Waals surface area contributed by atoms with Gasteiger partial charge in [-0.2, -0.15) is 0 Å². The van der Waals surface area contributed by atoms with Crippen LogP contribution in [0.5, 0.6) is 0 Å². The summed E-state index contributed by atoms with van der Waals surface area (Å²) >= 11 is 6.34. The van der Waals surface area contributed by atoms with Crippen molar-refractivity contribution in [3.63, 3.8) is 0 Å². The van der Waals surface area contributed by atoms with Crippen LogP contribution in [0.25, 0.3) is 0 Å². The van der Waals surface area contributed by atoms with Crippen molar-refractivity contribution in [1.29, 1.82) is 0 Å². The largest absolute Gasteiger partial charge is 0.525 e. The third-order valence-corrected chi connectivity index (χ3v) is 4.83. The van der Waals surface area contributed by atoms with Crippen molar-refractivity contribution in [2.45, 2.75) is 46.8 Å². The van der Waals surface area contributed by atoms with E-state index in [1.807, 2.05) is 0 Å². The molecule has 0 aromatic carbocycles. The minimum absolute atomic E-state index is 0.149. The Hall–Kier alpha value is 0.0400. The molecule has 0 aromatic heterocycles. The number of hydrogen-bond donors (Lipinski definition) is 0. The first-order chi connectivity index (χ1) is 13.7. The SMILES string of the molecule is COCCCOC1(OCCCOC)CC(Br)(Br)C=CC1(OC(F)(F)F)OC(F)(F)F. The van der Waals surface area contributed by atoms with Crippen molar-refractivity contribution < 1.29 is 54.8 Å². The second-order valence-electron chi connectivity index (χ2n) is 6.18. The lowest BCUT2D eigenvalue weighted by Gasteiger charge is -2.50. The van der Waals surface area contributed by atoms with Crippen LogP contribution >= 0.6 is 31.9 Å². The molecule has 1 rings (SSSR count). The molecular weight excluding hydrogens is 562 g/mol. The summed E-state index contributed by atoms with van der Waals surface area (Å²) in [5, 5.41) is 0. The lowest BCUT2D eigenvalue weighted by Crippen LogP contribution is -2.66. The van der Waals surface area contributed by atoms with E-state index in [9.17, 15) is 26.3 Å². The average Bonchev–Trinajstić information content (AvgIpc) is 2.56. The minimum atomic E-state index is -5.51. The zero-order valence-electron chi connectivity index (χ0n) is 16.1. The summed E-state index contributed by atoms with van der Waals surface area (Å²) in [7, 11) is 2.76. The van der Waals surface area contributed by atoms with E-state index < -0.39 is 34.0 Å². The van der Waals surface area contributed by atoms with Crippen molar-refractivity contribution in [3.05, 3.63) is 12.2 Å². The summed E-state index contributed by atoms with van der Waals surface area (Å²) in [5.41, 5.74) is 0. The number of alkyl halides is 8. The summed E-state index contributed by atoms with van der Waals surface area (Å²) in [6.45, 7) is -0.300. The number of halogens is 8. The van der Waals surface area contributed by atoms with Crippen LogP contribution in [-0.4, -0.2) is 68.2 Å². The molecule has 0 saturated heterocycles. The Kier molecular flexibility index (Phi) is 10.5. The lowest BCUT2D eigenvalue weighted by atomic mass is 9.92. The number of methoxy groups -OCH3 is 2. The van der Waals surface area contributed by atoms with Crippen LogP contribution in [0.1, 0.15) is 19.3 Å². The first-order valence-electron chi connectivity index (χ1n) is 8.58. The molecule has 6 nitrogen and oxygen atoms in total. The van der Waals surface area contributed by atoms with Crippen molar-refractivity contribution in [1.82, 2.24) is 0 Å². The van der Waals surface area contributed by atoms with E-state index in [1.54, 1.807) is 0 Å². The van der Waals surface area contributed by atoms with Gasteiger partial charge < -0.3 is 18.9 Å². The summed E-state index contributed by atoms with van der Waals surface area (Å²) in [6, 6.07) is 0. The molecule has 30 heavy (non-hydrogen) atoms. The molecule has 0 saturated carbocycles. The molecule has 0 spiro atoms. The predicted molar refractivity (Wildman–Crippen MR) is 99.0 cm³/mol. The fourth-order valence-corrected chi connectivity index (χ4v) is 3.67. The molecule has 178 valence electrons. The summed E-state index contributed by atoms with van der Waals surface area (Å²) in [5.74, 6) is -6.14. The number of hydrogen-bond acceptors (Lipinski definition) is 6. The Bertz CT molecular complexity index is 527. The molecule has 1 aliphatic rings. The van der Waals surface area contributed by atoms with Gasteiger partial charge in [0.25, 0.3) is 5.79 Å². The van der Waals surface area contributed by atoms with Gasteiger partial charge >= 0.3 is 12.7 Å². The van der Waals surface area contributed by atoms with Crippen LogP contribution < -0.4 is 0 Å². The van der Waals surface area contributed by atoms with E-state index in [1.165, 1.54) is 14.2 Å². The molecule has 0 bridgehead atoms. The Morgan fingerprint density at radius 1 is 0.767 bits per heavy atom. The van der Waals surface area contributed by atoms with E-state index in [2.05, 4.69) is 41.3 Å². The van der Waals surface area contributed by atoms with Crippen LogP contribution in [0.15, 0.2) is 12.2 Å². The zero-order valence-corrected chi connectivity index (χ0v) is 19.2. The van der Waals surface area contributed by atoms with Crippen LogP contribution in [-0.2, 0) is 28.4 Å². The fourth-order valence-electron chi connectivity index (χ4n) is 2.66. The van der Waals surface area contributed by atoms with Gasteiger partial charge in [-0.15, -0.1) is 26.3 Å². The van der Waals surface area contributed by atoms with Crippen molar-refractivity contribution in [2.75, 3.05) is 40.6 Å². The van der Waals surface area contributed by atoms with Gasteiger partial charge in [-0.05, 0) is 18.9 Å². The van der Waals surface area contributed by atoms with Crippen LogP contribution in [0, 0.1) is 0 Å². The highest BCUT2D eigenvalue weighted by molar-refractivity contribution is 9.25. The molecule has 0 heterocycles. The van der Waals surface area contributed by atoms with Crippen LogP contribution in [0.4, 0.5) is 26.3 Å². The van der Waals surface area contributed by atoms with E-state index in [-0.39, 0.29) is 39.3 Å².